The highest BCUT2D eigenvalue weighted by molar-refractivity contribution is 5.75. The molecule has 2 aromatic heterocycles. The zero-order chi connectivity index (χ0) is 11.7. The Kier molecular flexibility index (Phi) is 2.15. The molecule has 5 nitrogen and oxygen atoms in total. The van der Waals surface area contributed by atoms with Crippen LogP contribution in [-0.4, -0.2) is 19.5 Å². The van der Waals surface area contributed by atoms with Crippen molar-refractivity contribution in [2.24, 2.45) is 0 Å². The lowest BCUT2D eigenvalue weighted by Gasteiger charge is -2.06. The first-order chi connectivity index (χ1) is 8.36. The second kappa shape index (κ2) is 3.79. The van der Waals surface area contributed by atoms with Gasteiger partial charge in [-0.3, -0.25) is 4.79 Å². The standard InChI is InChI=1S/C12H8N4O/c17-11-8-15-9-4-1-2-5-10(9)16(11)12-13-6-3-7-14-12/h1-8H. The zero-order valence-corrected chi connectivity index (χ0v) is 8.82. The van der Waals surface area contributed by atoms with Gasteiger partial charge in [-0.15, -0.1) is 0 Å². The van der Waals surface area contributed by atoms with E-state index >= 15 is 0 Å². The highest BCUT2D eigenvalue weighted by Crippen LogP contribution is 2.10. The summed E-state index contributed by atoms with van der Waals surface area (Å²) >= 11 is 0. The fourth-order valence-corrected chi connectivity index (χ4v) is 1.68. The van der Waals surface area contributed by atoms with E-state index in [4.69, 9.17) is 0 Å². The Morgan fingerprint density at radius 3 is 2.53 bits per heavy atom. The summed E-state index contributed by atoms with van der Waals surface area (Å²) in [6.07, 6.45) is 4.48. The number of nitrogens with zero attached hydrogens (tertiary/aromatic N) is 4. The number of para-hydroxylation sites is 2. The zero-order valence-electron chi connectivity index (χ0n) is 8.82. The van der Waals surface area contributed by atoms with Crippen LogP contribution in [-0.2, 0) is 0 Å². The third kappa shape index (κ3) is 1.57. The number of aromatic nitrogens is 4. The normalized spacial score (nSPS) is 10.6. The number of rotatable bonds is 1. The number of hydrogen-bond acceptors (Lipinski definition) is 4. The molecule has 1 aromatic carbocycles. The fourth-order valence-electron chi connectivity index (χ4n) is 1.68. The fraction of sp³-hybridized carbons (Fsp3) is 0. The van der Waals surface area contributed by atoms with Crippen molar-refractivity contribution in [2.45, 2.75) is 0 Å². The van der Waals surface area contributed by atoms with Gasteiger partial charge in [-0.25, -0.2) is 19.5 Å². The topological polar surface area (TPSA) is 60.7 Å². The van der Waals surface area contributed by atoms with Gasteiger partial charge in [-0.05, 0) is 18.2 Å². The van der Waals surface area contributed by atoms with E-state index in [1.165, 1.54) is 10.8 Å². The van der Waals surface area contributed by atoms with Crippen LogP contribution in [0.3, 0.4) is 0 Å². The molecule has 82 valence electrons. The smallest absolute Gasteiger partial charge is 0.267 e. The molecule has 0 bridgehead atoms. The first-order valence-electron chi connectivity index (χ1n) is 5.10. The minimum atomic E-state index is -0.241. The van der Waals surface area contributed by atoms with E-state index in [1.807, 2.05) is 24.3 Å². The Hall–Kier alpha value is -2.56. The van der Waals surface area contributed by atoms with Crippen LogP contribution in [0, 0.1) is 0 Å². The molecule has 0 N–H and O–H groups in total. The van der Waals surface area contributed by atoms with Crippen LogP contribution in [0.4, 0.5) is 0 Å². The monoisotopic (exact) mass is 224 g/mol. The molecule has 5 heteroatoms. The molecular weight excluding hydrogens is 216 g/mol. The SMILES string of the molecule is O=c1cnc2ccccc2n1-c1ncccn1. The van der Waals surface area contributed by atoms with Crippen molar-refractivity contribution in [3.05, 3.63) is 59.3 Å². The molecule has 3 rings (SSSR count). The summed E-state index contributed by atoms with van der Waals surface area (Å²) in [5, 5.41) is 0. The van der Waals surface area contributed by atoms with Crippen molar-refractivity contribution >= 4 is 11.0 Å². The van der Waals surface area contributed by atoms with Crippen molar-refractivity contribution in [3.63, 3.8) is 0 Å². The third-order valence-corrected chi connectivity index (χ3v) is 2.41. The molecule has 0 aliphatic heterocycles. The van der Waals surface area contributed by atoms with E-state index < -0.39 is 0 Å². The van der Waals surface area contributed by atoms with Crippen molar-refractivity contribution < 1.29 is 0 Å². The molecule has 0 aliphatic rings. The highest BCUT2D eigenvalue weighted by atomic mass is 16.1. The third-order valence-electron chi connectivity index (χ3n) is 2.41. The maximum absolute atomic E-state index is 11.9. The first-order valence-corrected chi connectivity index (χ1v) is 5.10. The van der Waals surface area contributed by atoms with Crippen molar-refractivity contribution in [2.75, 3.05) is 0 Å². The van der Waals surface area contributed by atoms with E-state index in [0.29, 0.717) is 11.5 Å². The number of benzene rings is 1. The van der Waals surface area contributed by atoms with Gasteiger partial charge < -0.3 is 0 Å². The van der Waals surface area contributed by atoms with E-state index in [1.54, 1.807) is 18.5 Å². The van der Waals surface area contributed by atoms with Crippen LogP contribution >= 0.6 is 0 Å². The molecule has 0 unspecified atom stereocenters. The van der Waals surface area contributed by atoms with Crippen LogP contribution < -0.4 is 5.56 Å². The molecule has 2 heterocycles. The van der Waals surface area contributed by atoms with Gasteiger partial charge in [0.1, 0.15) is 0 Å². The Balaban J connectivity index is 2.43. The second-order valence-corrected chi connectivity index (χ2v) is 3.47. The molecule has 0 saturated carbocycles. The molecule has 0 fully saturated rings. The number of fused-ring (bicyclic) bond motifs is 1. The summed E-state index contributed by atoms with van der Waals surface area (Å²) in [6, 6.07) is 9.09. The summed E-state index contributed by atoms with van der Waals surface area (Å²) < 4.78 is 1.45. The number of hydrogen-bond donors (Lipinski definition) is 0. The highest BCUT2D eigenvalue weighted by Gasteiger charge is 2.07. The molecule has 3 aromatic rings. The lowest BCUT2D eigenvalue weighted by Crippen LogP contribution is -2.20. The molecule has 0 radical (unpaired) electrons. The molecule has 0 saturated heterocycles. The Bertz CT molecular complexity index is 721. The maximum Gasteiger partial charge on any atom is 0.276 e. The Morgan fingerprint density at radius 2 is 1.71 bits per heavy atom. The van der Waals surface area contributed by atoms with Crippen molar-refractivity contribution in [1.82, 2.24) is 19.5 Å². The summed E-state index contributed by atoms with van der Waals surface area (Å²) in [6.45, 7) is 0. The molecule has 0 atom stereocenters. The van der Waals surface area contributed by atoms with Crippen LogP contribution in [0.1, 0.15) is 0 Å². The van der Waals surface area contributed by atoms with Crippen LogP contribution in [0.5, 0.6) is 0 Å². The van der Waals surface area contributed by atoms with Crippen LogP contribution in [0.15, 0.2) is 53.7 Å². The Morgan fingerprint density at radius 1 is 0.941 bits per heavy atom. The lowest BCUT2D eigenvalue weighted by atomic mass is 10.3. The van der Waals surface area contributed by atoms with E-state index in [-0.39, 0.29) is 5.56 Å². The second-order valence-electron chi connectivity index (χ2n) is 3.47. The first kappa shape index (κ1) is 9.65. The maximum atomic E-state index is 11.9. The van der Waals surface area contributed by atoms with Gasteiger partial charge in [0.25, 0.3) is 5.56 Å². The largest absolute Gasteiger partial charge is 0.276 e. The van der Waals surface area contributed by atoms with E-state index in [2.05, 4.69) is 15.0 Å². The van der Waals surface area contributed by atoms with Gasteiger partial charge in [0.05, 0.1) is 17.2 Å². The van der Waals surface area contributed by atoms with Gasteiger partial charge in [-0.2, -0.15) is 0 Å². The minimum absolute atomic E-state index is 0.241. The predicted molar refractivity (Wildman–Crippen MR) is 62.9 cm³/mol. The molecule has 0 aliphatic carbocycles. The summed E-state index contributed by atoms with van der Waals surface area (Å²) in [4.78, 5) is 24.1. The van der Waals surface area contributed by atoms with Crippen molar-refractivity contribution in [1.29, 1.82) is 0 Å². The van der Waals surface area contributed by atoms with Gasteiger partial charge >= 0.3 is 0 Å². The van der Waals surface area contributed by atoms with Gasteiger partial charge in [0, 0.05) is 12.4 Å². The van der Waals surface area contributed by atoms with E-state index in [9.17, 15) is 4.79 Å². The lowest BCUT2D eigenvalue weighted by molar-refractivity contribution is 0.909. The quantitative estimate of drug-likeness (QED) is 0.622. The van der Waals surface area contributed by atoms with Gasteiger partial charge in [-0.1, -0.05) is 12.1 Å². The molecule has 0 amide bonds. The van der Waals surface area contributed by atoms with Gasteiger partial charge in [0.15, 0.2) is 0 Å². The van der Waals surface area contributed by atoms with Gasteiger partial charge in [0.2, 0.25) is 5.95 Å². The Labute approximate surface area is 96.4 Å². The molecular formula is C12H8N4O. The average Bonchev–Trinajstić information content (AvgIpc) is 2.39. The van der Waals surface area contributed by atoms with Crippen molar-refractivity contribution in [3.8, 4) is 5.95 Å². The van der Waals surface area contributed by atoms with Crippen LogP contribution in [0.2, 0.25) is 0 Å². The predicted octanol–water partition coefficient (Wildman–Crippen LogP) is 1.18. The van der Waals surface area contributed by atoms with E-state index in [0.717, 1.165) is 5.52 Å². The average molecular weight is 224 g/mol. The molecule has 0 spiro atoms. The summed E-state index contributed by atoms with van der Waals surface area (Å²) in [5.41, 5.74) is 1.20. The summed E-state index contributed by atoms with van der Waals surface area (Å²) in [7, 11) is 0. The van der Waals surface area contributed by atoms with Crippen LogP contribution in [0.25, 0.3) is 17.0 Å². The summed E-state index contributed by atoms with van der Waals surface area (Å²) in [5.74, 6) is 0.358. The minimum Gasteiger partial charge on any atom is -0.267 e. The molecule has 17 heavy (non-hydrogen) atoms.